The maximum atomic E-state index is 9.45. The number of ether oxygens (including phenoxy) is 1. The summed E-state index contributed by atoms with van der Waals surface area (Å²) in [6, 6.07) is 0.285. The van der Waals surface area contributed by atoms with Crippen LogP contribution in [0.15, 0.2) is 0 Å². The second-order valence-corrected chi connectivity index (χ2v) is 4.67. The lowest BCUT2D eigenvalue weighted by Crippen LogP contribution is -2.52. The number of hydrogen-bond acceptors (Lipinski definition) is 4. The molecule has 4 nitrogen and oxygen atoms in total. The second kappa shape index (κ2) is 5.25. The largest absolute Gasteiger partial charge is 0.395 e. The molecule has 2 atom stereocenters. The van der Waals surface area contributed by atoms with Crippen molar-refractivity contribution in [2.75, 3.05) is 32.9 Å². The van der Waals surface area contributed by atoms with Gasteiger partial charge >= 0.3 is 0 Å². The maximum absolute atomic E-state index is 9.45. The first kappa shape index (κ1) is 11.3. The van der Waals surface area contributed by atoms with Gasteiger partial charge in [-0.05, 0) is 25.2 Å². The van der Waals surface area contributed by atoms with Crippen molar-refractivity contribution in [3.05, 3.63) is 0 Å². The zero-order valence-corrected chi connectivity index (χ0v) is 9.27. The Bertz CT molecular complexity index is 189. The molecule has 1 heterocycles. The molecule has 2 aliphatic rings. The Morgan fingerprint density at radius 2 is 2.13 bits per heavy atom. The first-order valence-electron chi connectivity index (χ1n) is 6.01. The molecule has 4 heteroatoms. The van der Waals surface area contributed by atoms with Gasteiger partial charge in [-0.25, -0.2) is 0 Å². The number of rotatable bonds is 4. The van der Waals surface area contributed by atoms with Crippen molar-refractivity contribution < 1.29 is 9.84 Å². The van der Waals surface area contributed by atoms with E-state index in [4.69, 9.17) is 10.5 Å². The fourth-order valence-electron chi connectivity index (χ4n) is 2.37. The van der Waals surface area contributed by atoms with Crippen LogP contribution in [0, 0.1) is 5.92 Å². The number of nitrogens with two attached hydrogens (primary N) is 1. The molecule has 0 aromatic rings. The SMILES string of the molecule is NC(C1CC1)C(CO)N1CCCOCC1. The van der Waals surface area contributed by atoms with Crippen LogP contribution in [0.4, 0.5) is 0 Å². The molecule has 0 bridgehead atoms. The van der Waals surface area contributed by atoms with Gasteiger partial charge < -0.3 is 15.6 Å². The number of nitrogens with zero attached hydrogens (tertiary/aromatic N) is 1. The zero-order chi connectivity index (χ0) is 10.7. The number of aliphatic hydroxyl groups excluding tert-OH is 1. The van der Waals surface area contributed by atoms with E-state index in [0.717, 1.165) is 32.7 Å². The van der Waals surface area contributed by atoms with Gasteiger partial charge in [0.2, 0.25) is 0 Å². The third kappa shape index (κ3) is 2.91. The molecule has 2 rings (SSSR count). The Morgan fingerprint density at radius 3 is 2.80 bits per heavy atom. The molecule has 3 N–H and O–H groups in total. The summed E-state index contributed by atoms with van der Waals surface area (Å²) < 4.78 is 5.41. The lowest BCUT2D eigenvalue weighted by molar-refractivity contribution is 0.0884. The van der Waals surface area contributed by atoms with E-state index < -0.39 is 0 Å². The topological polar surface area (TPSA) is 58.7 Å². The Labute approximate surface area is 91.4 Å². The monoisotopic (exact) mass is 214 g/mol. The summed E-state index contributed by atoms with van der Waals surface area (Å²) >= 11 is 0. The average molecular weight is 214 g/mol. The van der Waals surface area contributed by atoms with Crippen molar-refractivity contribution in [2.24, 2.45) is 11.7 Å². The molecule has 0 amide bonds. The van der Waals surface area contributed by atoms with Crippen LogP contribution in [0.25, 0.3) is 0 Å². The van der Waals surface area contributed by atoms with Gasteiger partial charge in [0.05, 0.1) is 13.2 Å². The molecule has 15 heavy (non-hydrogen) atoms. The van der Waals surface area contributed by atoms with Crippen molar-refractivity contribution in [1.29, 1.82) is 0 Å². The Morgan fingerprint density at radius 1 is 1.33 bits per heavy atom. The molecular formula is C11H22N2O2. The van der Waals surface area contributed by atoms with Crippen LogP contribution in [-0.2, 0) is 4.74 Å². The van der Waals surface area contributed by atoms with Crippen molar-refractivity contribution in [3.63, 3.8) is 0 Å². The average Bonchev–Trinajstić information content (AvgIpc) is 3.07. The van der Waals surface area contributed by atoms with E-state index in [2.05, 4.69) is 4.90 Å². The summed E-state index contributed by atoms with van der Waals surface area (Å²) in [4.78, 5) is 2.30. The highest BCUT2D eigenvalue weighted by Crippen LogP contribution is 2.34. The molecule has 2 unspecified atom stereocenters. The summed E-state index contributed by atoms with van der Waals surface area (Å²) in [5, 5.41) is 9.45. The van der Waals surface area contributed by atoms with Crippen molar-refractivity contribution in [1.82, 2.24) is 4.90 Å². The van der Waals surface area contributed by atoms with Crippen LogP contribution >= 0.6 is 0 Å². The highest BCUT2D eigenvalue weighted by Gasteiger charge is 2.36. The highest BCUT2D eigenvalue weighted by atomic mass is 16.5. The predicted molar refractivity (Wildman–Crippen MR) is 58.6 cm³/mol. The van der Waals surface area contributed by atoms with E-state index in [9.17, 15) is 5.11 Å². The highest BCUT2D eigenvalue weighted by molar-refractivity contribution is 4.93. The number of hydrogen-bond donors (Lipinski definition) is 2. The molecule has 88 valence electrons. The van der Waals surface area contributed by atoms with E-state index in [-0.39, 0.29) is 18.7 Å². The van der Waals surface area contributed by atoms with Gasteiger partial charge in [0.15, 0.2) is 0 Å². The van der Waals surface area contributed by atoms with Crippen LogP contribution < -0.4 is 5.73 Å². The Hall–Kier alpha value is -0.160. The maximum Gasteiger partial charge on any atom is 0.0602 e. The van der Waals surface area contributed by atoms with Gasteiger partial charge in [0, 0.05) is 31.8 Å². The molecule has 1 saturated heterocycles. The molecule has 1 aliphatic heterocycles. The molecule has 0 spiro atoms. The summed E-state index contributed by atoms with van der Waals surface area (Å²) in [6.45, 7) is 3.70. The third-order valence-corrected chi connectivity index (χ3v) is 3.52. The van der Waals surface area contributed by atoms with Crippen molar-refractivity contribution >= 4 is 0 Å². The molecule has 0 aromatic carbocycles. The van der Waals surface area contributed by atoms with E-state index in [1.165, 1.54) is 12.8 Å². The summed E-state index contributed by atoms with van der Waals surface area (Å²) in [6.07, 6.45) is 3.53. The summed E-state index contributed by atoms with van der Waals surface area (Å²) in [5.74, 6) is 0.645. The van der Waals surface area contributed by atoms with Gasteiger partial charge in [0.1, 0.15) is 0 Å². The molecular weight excluding hydrogens is 192 g/mol. The van der Waals surface area contributed by atoms with Crippen molar-refractivity contribution in [2.45, 2.75) is 31.3 Å². The van der Waals surface area contributed by atoms with Crippen LogP contribution in [0.3, 0.4) is 0 Å². The second-order valence-electron chi connectivity index (χ2n) is 4.67. The van der Waals surface area contributed by atoms with Gasteiger partial charge in [0.25, 0.3) is 0 Å². The van der Waals surface area contributed by atoms with Gasteiger partial charge in [-0.1, -0.05) is 0 Å². The fourth-order valence-corrected chi connectivity index (χ4v) is 2.37. The van der Waals surface area contributed by atoms with E-state index in [1.54, 1.807) is 0 Å². The quantitative estimate of drug-likeness (QED) is 0.681. The molecule has 2 fully saturated rings. The Balaban J connectivity index is 1.90. The Kier molecular flexibility index (Phi) is 3.97. The molecule has 0 radical (unpaired) electrons. The predicted octanol–water partition coefficient (Wildman–Crippen LogP) is -0.193. The third-order valence-electron chi connectivity index (χ3n) is 3.52. The zero-order valence-electron chi connectivity index (χ0n) is 9.27. The van der Waals surface area contributed by atoms with E-state index >= 15 is 0 Å². The van der Waals surface area contributed by atoms with Crippen LogP contribution in [0.1, 0.15) is 19.3 Å². The molecule has 1 saturated carbocycles. The summed E-state index contributed by atoms with van der Waals surface area (Å²) in [7, 11) is 0. The summed E-state index contributed by atoms with van der Waals surface area (Å²) in [5.41, 5.74) is 6.17. The minimum atomic E-state index is 0.138. The standard InChI is InChI=1S/C11H22N2O2/c12-11(9-2-3-9)10(8-14)13-4-1-6-15-7-5-13/h9-11,14H,1-8,12H2. The first-order valence-corrected chi connectivity index (χ1v) is 6.01. The fraction of sp³-hybridized carbons (Fsp3) is 1.00. The van der Waals surface area contributed by atoms with Gasteiger partial charge in [-0.3, -0.25) is 4.90 Å². The van der Waals surface area contributed by atoms with E-state index in [1.807, 2.05) is 0 Å². The smallest absolute Gasteiger partial charge is 0.0602 e. The number of aliphatic hydroxyl groups is 1. The lowest BCUT2D eigenvalue weighted by Gasteiger charge is -2.33. The van der Waals surface area contributed by atoms with Gasteiger partial charge in [-0.15, -0.1) is 0 Å². The normalized spacial score (nSPS) is 28.4. The first-order chi connectivity index (χ1) is 7.33. The molecule has 0 aromatic heterocycles. The van der Waals surface area contributed by atoms with Gasteiger partial charge in [-0.2, -0.15) is 0 Å². The van der Waals surface area contributed by atoms with Crippen molar-refractivity contribution in [3.8, 4) is 0 Å². The minimum Gasteiger partial charge on any atom is -0.395 e. The van der Waals surface area contributed by atoms with Crippen LogP contribution in [-0.4, -0.2) is 55.0 Å². The lowest BCUT2D eigenvalue weighted by atomic mass is 10.0. The molecule has 1 aliphatic carbocycles. The van der Waals surface area contributed by atoms with Crippen LogP contribution in [0.2, 0.25) is 0 Å². The van der Waals surface area contributed by atoms with Crippen LogP contribution in [0.5, 0.6) is 0 Å². The van der Waals surface area contributed by atoms with E-state index in [0.29, 0.717) is 5.92 Å². The minimum absolute atomic E-state index is 0.138.